The molecule has 0 radical (unpaired) electrons. The second kappa shape index (κ2) is 12.0. The number of anilines is 1. The molecule has 0 bridgehead atoms. The van der Waals surface area contributed by atoms with Crippen molar-refractivity contribution in [3.8, 4) is 0 Å². The van der Waals surface area contributed by atoms with Crippen LogP contribution >= 0.6 is 0 Å². The maximum absolute atomic E-state index is 14.5. The van der Waals surface area contributed by atoms with Gasteiger partial charge in [0.1, 0.15) is 18.4 Å². The highest BCUT2D eigenvalue weighted by molar-refractivity contribution is 7.92. The van der Waals surface area contributed by atoms with E-state index in [0.29, 0.717) is 6.42 Å². The second-order valence-electron chi connectivity index (χ2n) is 8.47. The molecule has 0 aromatic heterocycles. The summed E-state index contributed by atoms with van der Waals surface area (Å²) >= 11 is 0. The molecule has 0 aliphatic rings. The fourth-order valence-electron chi connectivity index (χ4n) is 3.62. The van der Waals surface area contributed by atoms with E-state index in [1.807, 2.05) is 45.0 Å². The number of hydrogen-bond acceptors (Lipinski definition) is 4. The Morgan fingerprint density at radius 2 is 1.74 bits per heavy atom. The molecule has 2 rings (SSSR count). The molecule has 0 aliphatic heterocycles. The van der Waals surface area contributed by atoms with Gasteiger partial charge in [-0.3, -0.25) is 13.9 Å². The first kappa shape index (κ1) is 27.3. The van der Waals surface area contributed by atoms with Gasteiger partial charge in [0.05, 0.1) is 11.9 Å². The van der Waals surface area contributed by atoms with Crippen LogP contribution < -0.4 is 9.62 Å². The lowest BCUT2D eigenvalue weighted by molar-refractivity contribution is -0.140. The predicted molar refractivity (Wildman–Crippen MR) is 132 cm³/mol. The minimum absolute atomic E-state index is 0.0802. The lowest BCUT2D eigenvalue weighted by Gasteiger charge is -2.33. The van der Waals surface area contributed by atoms with Gasteiger partial charge in [0.15, 0.2) is 0 Å². The van der Waals surface area contributed by atoms with Crippen molar-refractivity contribution in [3.05, 3.63) is 65.5 Å². The number of nitrogens with zero attached hydrogens (tertiary/aromatic N) is 2. The SMILES string of the molecule is CC[C@@H](C)NC(=O)[C@@H](CC)N(Cc1cccc(C)c1)C(=O)CN(c1ccccc1F)S(C)(=O)=O. The molecule has 0 saturated carbocycles. The van der Waals surface area contributed by atoms with E-state index in [4.69, 9.17) is 0 Å². The molecule has 0 spiro atoms. The summed E-state index contributed by atoms with van der Waals surface area (Å²) in [6.07, 6.45) is 1.98. The third-order valence-corrected chi connectivity index (χ3v) is 6.75. The Bertz CT molecular complexity index is 1110. The van der Waals surface area contributed by atoms with Crippen LogP contribution in [0.15, 0.2) is 48.5 Å². The van der Waals surface area contributed by atoms with Gasteiger partial charge in [-0.2, -0.15) is 0 Å². The first-order chi connectivity index (χ1) is 16.0. The van der Waals surface area contributed by atoms with E-state index < -0.39 is 34.3 Å². The van der Waals surface area contributed by atoms with Crippen LogP contribution in [0.4, 0.5) is 10.1 Å². The summed E-state index contributed by atoms with van der Waals surface area (Å²) in [7, 11) is -3.98. The van der Waals surface area contributed by atoms with Crippen molar-refractivity contribution in [3.63, 3.8) is 0 Å². The molecule has 0 aliphatic carbocycles. The van der Waals surface area contributed by atoms with Crippen LogP contribution in [0.25, 0.3) is 0 Å². The number of rotatable bonds is 11. The topological polar surface area (TPSA) is 86.8 Å². The van der Waals surface area contributed by atoms with Crippen LogP contribution in [-0.4, -0.2) is 50.0 Å². The third-order valence-electron chi connectivity index (χ3n) is 5.62. The monoisotopic (exact) mass is 491 g/mol. The average Bonchev–Trinajstić information content (AvgIpc) is 2.77. The van der Waals surface area contributed by atoms with Gasteiger partial charge in [-0.25, -0.2) is 12.8 Å². The van der Waals surface area contributed by atoms with E-state index >= 15 is 0 Å². The molecule has 0 unspecified atom stereocenters. The van der Waals surface area contributed by atoms with Gasteiger partial charge in [0.25, 0.3) is 0 Å². The highest BCUT2D eigenvalue weighted by Crippen LogP contribution is 2.22. The Kier molecular flexibility index (Phi) is 9.61. The van der Waals surface area contributed by atoms with Crippen molar-refractivity contribution in [2.24, 2.45) is 0 Å². The molecule has 0 heterocycles. The van der Waals surface area contributed by atoms with Gasteiger partial charge in [0, 0.05) is 12.6 Å². The Labute approximate surface area is 202 Å². The molecule has 2 amide bonds. The van der Waals surface area contributed by atoms with Crippen LogP contribution in [0, 0.1) is 12.7 Å². The van der Waals surface area contributed by atoms with Crippen molar-refractivity contribution in [1.82, 2.24) is 10.2 Å². The lowest BCUT2D eigenvalue weighted by Crippen LogP contribution is -2.53. The van der Waals surface area contributed by atoms with Crippen molar-refractivity contribution < 1.29 is 22.4 Å². The van der Waals surface area contributed by atoms with Crippen molar-refractivity contribution in [2.75, 3.05) is 17.1 Å². The van der Waals surface area contributed by atoms with Gasteiger partial charge in [-0.05, 0) is 44.4 Å². The molecule has 0 fully saturated rings. The third kappa shape index (κ3) is 7.28. The molecule has 9 heteroatoms. The van der Waals surface area contributed by atoms with Gasteiger partial charge < -0.3 is 10.2 Å². The van der Waals surface area contributed by atoms with E-state index in [-0.39, 0.29) is 24.2 Å². The van der Waals surface area contributed by atoms with E-state index in [9.17, 15) is 22.4 Å². The highest BCUT2D eigenvalue weighted by atomic mass is 32.2. The number of aryl methyl sites for hydroxylation is 1. The average molecular weight is 492 g/mol. The van der Waals surface area contributed by atoms with Crippen molar-refractivity contribution in [2.45, 2.75) is 59.2 Å². The normalized spacial score (nSPS) is 13.1. The summed E-state index contributed by atoms with van der Waals surface area (Å²) in [4.78, 5) is 28.0. The number of halogens is 1. The Morgan fingerprint density at radius 3 is 2.29 bits per heavy atom. The molecule has 34 heavy (non-hydrogen) atoms. The molecular formula is C25H34FN3O4S. The van der Waals surface area contributed by atoms with Gasteiger partial charge >= 0.3 is 0 Å². The largest absolute Gasteiger partial charge is 0.352 e. The van der Waals surface area contributed by atoms with E-state index in [1.54, 1.807) is 6.92 Å². The number of para-hydroxylation sites is 1. The minimum atomic E-state index is -3.98. The Hall–Kier alpha value is -2.94. The molecular weight excluding hydrogens is 457 g/mol. The first-order valence-corrected chi connectivity index (χ1v) is 13.2. The van der Waals surface area contributed by atoms with Crippen LogP contribution in [0.5, 0.6) is 0 Å². The number of sulfonamides is 1. The standard InChI is InChI=1S/C25H34FN3O4S/c1-6-19(4)27-25(31)22(7-2)28(16-20-12-10-11-18(3)15-20)24(30)17-29(34(5,32)33)23-14-9-8-13-21(23)26/h8-15,19,22H,6-7,16-17H2,1-5H3,(H,27,31)/t19-,22-/m1/s1. The zero-order valence-corrected chi connectivity index (χ0v) is 21.2. The molecule has 2 atom stereocenters. The first-order valence-electron chi connectivity index (χ1n) is 11.4. The van der Waals surface area contributed by atoms with Crippen LogP contribution in [0.1, 0.15) is 44.7 Å². The molecule has 1 N–H and O–H groups in total. The van der Waals surface area contributed by atoms with Crippen molar-refractivity contribution in [1.29, 1.82) is 0 Å². The Morgan fingerprint density at radius 1 is 1.06 bits per heavy atom. The highest BCUT2D eigenvalue weighted by Gasteiger charge is 2.32. The smallest absolute Gasteiger partial charge is 0.244 e. The Balaban J connectivity index is 2.45. The summed E-state index contributed by atoms with van der Waals surface area (Å²) in [5.74, 6) is -1.66. The van der Waals surface area contributed by atoms with Gasteiger partial charge in [0.2, 0.25) is 21.8 Å². The number of nitrogens with one attached hydrogen (secondary N) is 1. The quantitative estimate of drug-likeness (QED) is 0.520. The number of carbonyl (C=O) groups is 2. The predicted octanol–water partition coefficient (Wildman–Crippen LogP) is 3.62. The fourth-order valence-corrected chi connectivity index (χ4v) is 4.47. The van der Waals surface area contributed by atoms with Crippen LogP contribution in [0.3, 0.4) is 0 Å². The number of benzene rings is 2. The minimum Gasteiger partial charge on any atom is -0.352 e. The number of hydrogen-bond donors (Lipinski definition) is 1. The van der Waals surface area contributed by atoms with E-state index in [0.717, 1.165) is 34.2 Å². The van der Waals surface area contributed by atoms with E-state index in [2.05, 4.69) is 5.32 Å². The summed E-state index contributed by atoms with van der Waals surface area (Å²) in [5.41, 5.74) is 1.58. The van der Waals surface area contributed by atoms with Crippen LogP contribution in [-0.2, 0) is 26.2 Å². The molecule has 7 nitrogen and oxygen atoms in total. The van der Waals surface area contributed by atoms with E-state index in [1.165, 1.54) is 23.1 Å². The zero-order valence-electron chi connectivity index (χ0n) is 20.4. The second-order valence-corrected chi connectivity index (χ2v) is 10.4. The summed E-state index contributed by atoms with van der Waals surface area (Å²) < 4.78 is 40.2. The summed E-state index contributed by atoms with van der Waals surface area (Å²) in [5, 5.41) is 2.91. The molecule has 0 saturated heterocycles. The van der Waals surface area contributed by atoms with Gasteiger partial charge in [-0.1, -0.05) is 55.8 Å². The molecule has 2 aromatic rings. The zero-order chi connectivity index (χ0) is 25.5. The lowest BCUT2D eigenvalue weighted by atomic mass is 10.1. The van der Waals surface area contributed by atoms with Crippen LogP contribution in [0.2, 0.25) is 0 Å². The maximum atomic E-state index is 14.5. The number of carbonyl (C=O) groups excluding carboxylic acids is 2. The summed E-state index contributed by atoms with van der Waals surface area (Å²) in [6, 6.07) is 12.0. The number of amides is 2. The summed E-state index contributed by atoms with van der Waals surface area (Å²) in [6.45, 7) is 7.02. The van der Waals surface area contributed by atoms with Gasteiger partial charge in [-0.15, -0.1) is 0 Å². The maximum Gasteiger partial charge on any atom is 0.244 e. The fraction of sp³-hybridized carbons (Fsp3) is 0.440. The molecule has 2 aromatic carbocycles. The molecule has 186 valence electrons. The van der Waals surface area contributed by atoms with Crippen molar-refractivity contribution >= 4 is 27.5 Å².